The van der Waals surface area contributed by atoms with Crippen molar-refractivity contribution < 1.29 is 4.79 Å². The van der Waals surface area contributed by atoms with Gasteiger partial charge < -0.3 is 5.32 Å². The van der Waals surface area contributed by atoms with Gasteiger partial charge >= 0.3 is 0 Å². The lowest BCUT2D eigenvalue weighted by atomic mass is 10.0. The van der Waals surface area contributed by atoms with Crippen LogP contribution in [0.25, 0.3) is 0 Å². The number of aryl methyl sites for hydroxylation is 2. The summed E-state index contributed by atoms with van der Waals surface area (Å²) >= 11 is 0. The number of hydrogen-bond donors (Lipinski definition) is 1. The molecule has 0 atom stereocenters. The van der Waals surface area contributed by atoms with Crippen molar-refractivity contribution in [1.29, 1.82) is 0 Å². The van der Waals surface area contributed by atoms with E-state index in [0.717, 1.165) is 18.5 Å². The fraction of sp³-hybridized carbons (Fsp3) is 0.438. The van der Waals surface area contributed by atoms with Crippen molar-refractivity contribution in [3.8, 4) is 0 Å². The number of unbranched alkanes of at least 4 members (excludes halogenated alkanes) is 1. The molecule has 0 heterocycles. The smallest absolute Gasteiger partial charge is 0.248 e. The molecule has 0 saturated carbocycles. The molecule has 0 aromatic heterocycles. The lowest BCUT2D eigenvalue weighted by Crippen LogP contribution is -2.08. The summed E-state index contributed by atoms with van der Waals surface area (Å²) in [7, 11) is 0. The number of carbonyl (C=O) groups is 1. The summed E-state index contributed by atoms with van der Waals surface area (Å²) in [6.45, 7) is 6.31. The molecule has 0 bridgehead atoms. The highest BCUT2D eigenvalue weighted by atomic mass is 16.1. The Hall–Kier alpha value is -1.57. The molecule has 0 aliphatic carbocycles. The molecule has 0 spiro atoms. The Kier molecular flexibility index (Phi) is 6.20. The van der Waals surface area contributed by atoms with E-state index >= 15 is 0 Å². The second kappa shape index (κ2) is 7.70. The molecular formula is C16H23NO. The van der Waals surface area contributed by atoms with Crippen molar-refractivity contribution in [2.75, 3.05) is 5.32 Å². The third-order valence-corrected chi connectivity index (χ3v) is 2.91. The van der Waals surface area contributed by atoms with Gasteiger partial charge in [0.15, 0.2) is 0 Å². The van der Waals surface area contributed by atoms with Crippen LogP contribution in [0.4, 0.5) is 5.69 Å². The lowest BCUT2D eigenvalue weighted by Gasteiger charge is -2.08. The first kappa shape index (κ1) is 14.5. The number of anilines is 1. The number of rotatable bonds is 6. The number of amides is 1. The van der Waals surface area contributed by atoms with Crippen LogP contribution in [-0.2, 0) is 11.2 Å². The first-order valence-corrected chi connectivity index (χ1v) is 6.74. The van der Waals surface area contributed by atoms with E-state index in [4.69, 9.17) is 0 Å². The van der Waals surface area contributed by atoms with Crippen LogP contribution in [-0.4, -0.2) is 5.91 Å². The van der Waals surface area contributed by atoms with E-state index in [1.165, 1.54) is 24.0 Å². The maximum absolute atomic E-state index is 11.5. The van der Waals surface area contributed by atoms with Gasteiger partial charge in [-0.25, -0.2) is 0 Å². The van der Waals surface area contributed by atoms with Crippen LogP contribution in [0.15, 0.2) is 30.4 Å². The Morgan fingerprint density at radius 2 is 2.11 bits per heavy atom. The minimum absolute atomic E-state index is 0.0578. The maximum atomic E-state index is 11.5. The molecule has 18 heavy (non-hydrogen) atoms. The zero-order valence-corrected chi connectivity index (χ0v) is 11.6. The Morgan fingerprint density at radius 3 is 2.72 bits per heavy atom. The van der Waals surface area contributed by atoms with E-state index in [1.807, 2.05) is 25.1 Å². The van der Waals surface area contributed by atoms with E-state index in [9.17, 15) is 4.79 Å². The van der Waals surface area contributed by atoms with Gasteiger partial charge in [0.05, 0.1) is 0 Å². The molecule has 1 aromatic rings. The van der Waals surface area contributed by atoms with Crippen molar-refractivity contribution in [1.82, 2.24) is 0 Å². The SMILES string of the molecule is CC/C=C/C(=O)Nc1ccc(CCCC)c(C)c1. The second-order valence-corrected chi connectivity index (χ2v) is 4.54. The number of nitrogens with one attached hydrogen (secondary N) is 1. The molecule has 0 fully saturated rings. The quantitative estimate of drug-likeness (QED) is 0.746. The van der Waals surface area contributed by atoms with Crippen LogP contribution in [0.2, 0.25) is 0 Å². The molecule has 0 aliphatic heterocycles. The van der Waals surface area contributed by atoms with Crippen LogP contribution in [0.3, 0.4) is 0 Å². The summed E-state index contributed by atoms with van der Waals surface area (Å²) in [6, 6.07) is 6.14. The molecule has 98 valence electrons. The summed E-state index contributed by atoms with van der Waals surface area (Å²) in [4.78, 5) is 11.5. The minimum atomic E-state index is -0.0578. The minimum Gasteiger partial charge on any atom is -0.323 e. The molecule has 1 aromatic carbocycles. The van der Waals surface area contributed by atoms with E-state index in [1.54, 1.807) is 6.08 Å². The van der Waals surface area contributed by atoms with Gasteiger partial charge in [-0.05, 0) is 55.5 Å². The number of allylic oxidation sites excluding steroid dienone is 1. The predicted octanol–water partition coefficient (Wildman–Crippen LogP) is 4.24. The molecule has 1 amide bonds. The summed E-state index contributed by atoms with van der Waals surface area (Å²) in [5.74, 6) is -0.0578. The summed E-state index contributed by atoms with van der Waals surface area (Å²) in [5, 5.41) is 2.88. The highest BCUT2D eigenvalue weighted by Gasteiger charge is 2.02. The van der Waals surface area contributed by atoms with Gasteiger partial charge in [0.25, 0.3) is 0 Å². The van der Waals surface area contributed by atoms with Crippen molar-refractivity contribution >= 4 is 11.6 Å². The molecule has 1 rings (SSSR count). The van der Waals surface area contributed by atoms with Gasteiger partial charge in [-0.1, -0.05) is 32.4 Å². The first-order chi connectivity index (χ1) is 8.67. The Morgan fingerprint density at radius 1 is 1.33 bits per heavy atom. The zero-order valence-electron chi connectivity index (χ0n) is 11.6. The second-order valence-electron chi connectivity index (χ2n) is 4.54. The summed E-state index contributed by atoms with van der Waals surface area (Å²) in [6.07, 6.45) is 7.86. The zero-order chi connectivity index (χ0) is 13.4. The lowest BCUT2D eigenvalue weighted by molar-refractivity contribution is -0.111. The van der Waals surface area contributed by atoms with E-state index < -0.39 is 0 Å². The molecule has 2 heteroatoms. The van der Waals surface area contributed by atoms with Crippen molar-refractivity contribution in [3.63, 3.8) is 0 Å². The first-order valence-electron chi connectivity index (χ1n) is 6.74. The van der Waals surface area contributed by atoms with Gasteiger partial charge in [-0.2, -0.15) is 0 Å². The average Bonchev–Trinajstić information content (AvgIpc) is 2.35. The van der Waals surface area contributed by atoms with E-state index in [-0.39, 0.29) is 5.91 Å². The normalized spacial score (nSPS) is 10.8. The van der Waals surface area contributed by atoms with Crippen LogP contribution in [0.1, 0.15) is 44.2 Å². The standard InChI is InChI=1S/C16H23NO/c1-4-6-8-14-10-11-15(12-13(14)3)17-16(18)9-7-5-2/h7,9-12H,4-6,8H2,1-3H3,(H,17,18)/b9-7+. The van der Waals surface area contributed by atoms with E-state index in [0.29, 0.717) is 0 Å². The Balaban J connectivity index is 2.66. The fourth-order valence-corrected chi connectivity index (χ4v) is 1.83. The van der Waals surface area contributed by atoms with E-state index in [2.05, 4.69) is 25.2 Å². The third kappa shape index (κ3) is 4.74. The van der Waals surface area contributed by atoms with Gasteiger partial charge in [-0.15, -0.1) is 0 Å². The van der Waals surface area contributed by atoms with Gasteiger partial charge in [0.2, 0.25) is 5.91 Å². The molecule has 0 aliphatic rings. The van der Waals surface area contributed by atoms with Crippen LogP contribution in [0.5, 0.6) is 0 Å². The molecular weight excluding hydrogens is 222 g/mol. The fourth-order valence-electron chi connectivity index (χ4n) is 1.83. The third-order valence-electron chi connectivity index (χ3n) is 2.91. The number of benzene rings is 1. The van der Waals surface area contributed by atoms with Crippen molar-refractivity contribution in [3.05, 3.63) is 41.5 Å². The maximum Gasteiger partial charge on any atom is 0.248 e. The molecule has 0 saturated heterocycles. The summed E-state index contributed by atoms with van der Waals surface area (Å²) < 4.78 is 0. The number of hydrogen-bond acceptors (Lipinski definition) is 1. The van der Waals surface area contributed by atoms with Crippen molar-refractivity contribution in [2.45, 2.75) is 46.5 Å². The molecule has 1 N–H and O–H groups in total. The molecule has 0 unspecified atom stereocenters. The van der Waals surface area contributed by atoms with Gasteiger partial charge in [0, 0.05) is 5.69 Å². The van der Waals surface area contributed by atoms with Crippen LogP contribution in [0, 0.1) is 6.92 Å². The molecule has 2 nitrogen and oxygen atoms in total. The summed E-state index contributed by atoms with van der Waals surface area (Å²) in [5.41, 5.74) is 3.50. The highest BCUT2D eigenvalue weighted by Crippen LogP contribution is 2.17. The van der Waals surface area contributed by atoms with Gasteiger partial charge in [-0.3, -0.25) is 4.79 Å². The highest BCUT2D eigenvalue weighted by molar-refractivity contribution is 5.99. The van der Waals surface area contributed by atoms with Gasteiger partial charge in [0.1, 0.15) is 0 Å². The Bertz CT molecular complexity index is 421. The topological polar surface area (TPSA) is 29.1 Å². The average molecular weight is 245 g/mol. The molecule has 0 radical (unpaired) electrons. The monoisotopic (exact) mass is 245 g/mol. The largest absolute Gasteiger partial charge is 0.323 e. The number of carbonyl (C=O) groups excluding carboxylic acids is 1. The predicted molar refractivity (Wildman–Crippen MR) is 77.9 cm³/mol. The van der Waals surface area contributed by atoms with Crippen LogP contribution >= 0.6 is 0 Å². The Labute approximate surface area is 110 Å². The van der Waals surface area contributed by atoms with Crippen LogP contribution < -0.4 is 5.32 Å². The van der Waals surface area contributed by atoms with Crippen molar-refractivity contribution in [2.24, 2.45) is 0 Å².